The fourth-order valence-electron chi connectivity index (χ4n) is 2.41. The molecule has 0 aliphatic carbocycles. The Balaban J connectivity index is 1.99. The van der Waals surface area contributed by atoms with E-state index in [-0.39, 0.29) is 12.6 Å². The maximum Gasteiger partial charge on any atom is 0.0914 e. The van der Waals surface area contributed by atoms with Crippen LogP contribution in [0, 0.1) is 0 Å². The summed E-state index contributed by atoms with van der Waals surface area (Å²) in [6.45, 7) is 1.06. The van der Waals surface area contributed by atoms with Gasteiger partial charge in [0.2, 0.25) is 0 Å². The highest BCUT2D eigenvalue weighted by Gasteiger charge is 2.12. The smallest absolute Gasteiger partial charge is 0.0914 e. The van der Waals surface area contributed by atoms with Gasteiger partial charge < -0.3 is 20.3 Å². The number of aliphatic hydroxyl groups excluding tert-OH is 2. The van der Waals surface area contributed by atoms with Crippen LogP contribution in [0.5, 0.6) is 0 Å². The fraction of sp³-hybridized carbons (Fsp3) is 0.412. The molecule has 2 aromatic carbocycles. The van der Waals surface area contributed by atoms with E-state index in [2.05, 4.69) is 11.4 Å². The van der Waals surface area contributed by atoms with Crippen LogP contribution in [0.3, 0.4) is 0 Å². The van der Waals surface area contributed by atoms with E-state index in [9.17, 15) is 5.11 Å². The van der Waals surface area contributed by atoms with E-state index in [1.807, 2.05) is 36.4 Å². The first-order valence-electron chi connectivity index (χ1n) is 7.24. The lowest BCUT2D eigenvalue weighted by Crippen LogP contribution is -2.36. The lowest BCUT2D eigenvalue weighted by molar-refractivity contribution is 0.127. The van der Waals surface area contributed by atoms with Crippen LogP contribution in [-0.4, -0.2) is 43.1 Å². The van der Waals surface area contributed by atoms with Crippen LogP contribution in [-0.2, 0) is 4.74 Å². The van der Waals surface area contributed by atoms with Crippen molar-refractivity contribution >= 4 is 10.8 Å². The van der Waals surface area contributed by atoms with Crippen LogP contribution in [0.15, 0.2) is 42.5 Å². The second-order valence-corrected chi connectivity index (χ2v) is 5.20. The van der Waals surface area contributed by atoms with Crippen LogP contribution in [0.25, 0.3) is 10.8 Å². The van der Waals surface area contributed by atoms with Crippen LogP contribution >= 0.6 is 0 Å². The normalized spacial score (nSPS) is 14.2. The van der Waals surface area contributed by atoms with E-state index in [1.54, 1.807) is 7.11 Å². The average Bonchev–Trinajstić information content (AvgIpc) is 2.52. The number of nitrogens with one attached hydrogen (secondary N) is 1. The quantitative estimate of drug-likeness (QED) is 0.694. The lowest BCUT2D eigenvalue weighted by Gasteiger charge is -2.19. The Morgan fingerprint density at radius 1 is 1.14 bits per heavy atom. The van der Waals surface area contributed by atoms with Gasteiger partial charge in [-0.05, 0) is 28.8 Å². The number of methoxy groups -OCH3 is 1. The summed E-state index contributed by atoms with van der Waals surface area (Å²) in [7, 11) is 1.63. The van der Waals surface area contributed by atoms with E-state index in [0.717, 1.165) is 10.9 Å². The molecule has 2 atom stereocenters. The van der Waals surface area contributed by atoms with Crippen LogP contribution in [0.1, 0.15) is 18.1 Å². The third-order valence-electron chi connectivity index (χ3n) is 3.60. The topological polar surface area (TPSA) is 61.7 Å². The van der Waals surface area contributed by atoms with Gasteiger partial charge in [0.25, 0.3) is 0 Å². The van der Waals surface area contributed by atoms with Crippen molar-refractivity contribution in [1.29, 1.82) is 0 Å². The third kappa shape index (κ3) is 4.51. The number of rotatable bonds is 8. The predicted octanol–water partition coefficient (Wildman–Crippen LogP) is 1.86. The van der Waals surface area contributed by atoms with Crippen molar-refractivity contribution in [3.8, 4) is 0 Å². The average molecular weight is 289 g/mol. The number of hydrogen-bond donors (Lipinski definition) is 3. The van der Waals surface area contributed by atoms with Crippen molar-refractivity contribution in [2.75, 3.05) is 26.9 Å². The molecule has 0 aliphatic rings. The largest absolute Gasteiger partial charge is 0.396 e. The highest BCUT2D eigenvalue weighted by molar-refractivity contribution is 5.83. The van der Waals surface area contributed by atoms with E-state index in [0.29, 0.717) is 19.6 Å². The van der Waals surface area contributed by atoms with Gasteiger partial charge in [0.15, 0.2) is 0 Å². The zero-order valence-corrected chi connectivity index (χ0v) is 12.3. The van der Waals surface area contributed by atoms with Gasteiger partial charge in [0.1, 0.15) is 0 Å². The maximum absolute atomic E-state index is 10.3. The Hall–Kier alpha value is -1.46. The van der Waals surface area contributed by atoms with Gasteiger partial charge in [-0.2, -0.15) is 0 Å². The molecule has 4 heteroatoms. The molecule has 0 spiro atoms. The molecule has 0 radical (unpaired) electrons. The summed E-state index contributed by atoms with van der Waals surface area (Å²) in [5, 5.41) is 24.8. The number of benzene rings is 2. The summed E-state index contributed by atoms with van der Waals surface area (Å²) in [5.41, 5.74) is 0.890. The summed E-state index contributed by atoms with van der Waals surface area (Å²) in [5.74, 6) is 0. The number of hydrogen-bond acceptors (Lipinski definition) is 4. The molecule has 0 saturated heterocycles. The van der Waals surface area contributed by atoms with E-state index < -0.39 is 6.10 Å². The molecule has 0 fully saturated rings. The molecule has 114 valence electrons. The molecule has 21 heavy (non-hydrogen) atoms. The molecule has 4 nitrogen and oxygen atoms in total. The fourth-order valence-corrected chi connectivity index (χ4v) is 2.41. The molecule has 0 aliphatic heterocycles. The van der Waals surface area contributed by atoms with Gasteiger partial charge in [0, 0.05) is 26.3 Å². The molecule has 0 aromatic heterocycles. The standard InChI is InChI=1S/C17H23NO3/c1-21-12-16(8-9-19)18-11-17(20)15-7-6-13-4-2-3-5-14(13)10-15/h2-7,10,16-20H,8-9,11-12H2,1H3. The Bertz CT molecular complexity index is 552. The number of aliphatic hydroxyl groups is 2. The molecule has 2 aromatic rings. The Kier molecular flexibility index (Phi) is 6.14. The molecule has 0 heterocycles. The van der Waals surface area contributed by atoms with Crippen LogP contribution in [0.2, 0.25) is 0 Å². The first kappa shape index (κ1) is 15.9. The van der Waals surface area contributed by atoms with Crippen molar-refractivity contribution in [2.24, 2.45) is 0 Å². The van der Waals surface area contributed by atoms with Gasteiger partial charge in [0.05, 0.1) is 12.7 Å². The second-order valence-electron chi connectivity index (χ2n) is 5.20. The molecule has 2 unspecified atom stereocenters. The summed E-state index contributed by atoms with van der Waals surface area (Å²) in [6, 6.07) is 14.1. The van der Waals surface area contributed by atoms with Gasteiger partial charge in [-0.15, -0.1) is 0 Å². The predicted molar refractivity (Wildman–Crippen MR) is 84.3 cm³/mol. The highest BCUT2D eigenvalue weighted by Crippen LogP contribution is 2.20. The van der Waals surface area contributed by atoms with Crippen LogP contribution < -0.4 is 5.32 Å². The Morgan fingerprint density at radius 3 is 2.62 bits per heavy atom. The summed E-state index contributed by atoms with van der Waals surface area (Å²) < 4.78 is 5.10. The summed E-state index contributed by atoms with van der Waals surface area (Å²) in [6.07, 6.45) is 0.0332. The summed E-state index contributed by atoms with van der Waals surface area (Å²) in [4.78, 5) is 0. The van der Waals surface area contributed by atoms with Crippen molar-refractivity contribution in [3.63, 3.8) is 0 Å². The summed E-state index contributed by atoms with van der Waals surface area (Å²) >= 11 is 0. The SMILES string of the molecule is COCC(CCO)NCC(O)c1ccc2ccccc2c1. The van der Waals surface area contributed by atoms with Gasteiger partial charge >= 0.3 is 0 Å². The third-order valence-corrected chi connectivity index (χ3v) is 3.60. The van der Waals surface area contributed by atoms with Crippen molar-refractivity contribution in [3.05, 3.63) is 48.0 Å². The molecular formula is C17H23NO3. The minimum Gasteiger partial charge on any atom is -0.396 e. The van der Waals surface area contributed by atoms with Gasteiger partial charge in [-0.3, -0.25) is 0 Å². The first-order chi connectivity index (χ1) is 10.2. The maximum atomic E-state index is 10.3. The highest BCUT2D eigenvalue weighted by atomic mass is 16.5. The van der Waals surface area contributed by atoms with E-state index >= 15 is 0 Å². The van der Waals surface area contributed by atoms with E-state index in [1.165, 1.54) is 5.39 Å². The Morgan fingerprint density at radius 2 is 1.90 bits per heavy atom. The molecule has 0 amide bonds. The van der Waals surface area contributed by atoms with Crippen molar-refractivity contribution < 1.29 is 14.9 Å². The molecule has 2 rings (SSSR count). The van der Waals surface area contributed by atoms with Crippen LogP contribution in [0.4, 0.5) is 0 Å². The molecule has 0 saturated carbocycles. The zero-order chi connectivity index (χ0) is 15.1. The first-order valence-corrected chi connectivity index (χ1v) is 7.24. The van der Waals surface area contributed by atoms with Gasteiger partial charge in [-0.25, -0.2) is 0 Å². The second kappa shape index (κ2) is 8.10. The monoisotopic (exact) mass is 289 g/mol. The minimum absolute atomic E-state index is 0.0510. The van der Waals surface area contributed by atoms with Crippen molar-refractivity contribution in [2.45, 2.75) is 18.6 Å². The Labute approximate surface area is 125 Å². The van der Waals surface area contributed by atoms with E-state index in [4.69, 9.17) is 9.84 Å². The molecule has 0 bridgehead atoms. The lowest BCUT2D eigenvalue weighted by atomic mass is 10.0. The number of fused-ring (bicyclic) bond motifs is 1. The molecular weight excluding hydrogens is 266 g/mol. The van der Waals surface area contributed by atoms with Crippen molar-refractivity contribution in [1.82, 2.24) is 5.32 Å². The molecule has 3 N–H and O–H groups in total. The van der Waals surface area contributed by atoms with Gasteiger partial charge in [-0.1, -0.05) is 36.4 Å². The minimum atomic E-state index is -0.576. The number of ether oxygens (including phenoxy) is 1. The zero-order valence-electron chi connectivity index (χ0n) is 12.3.